The highest BCUT2D eigenvalue weighted by atomic mass is 35.5. The first-order valence-corrected chi connectivity index (χ1v) is 9.73. The van der Waals surface area contributed by atoms with Crippen LogP contribution in [0.25, 0.3) is 0 Å². The summed E-state index contributed by atoms with van der Waals surface area (Å²) in [7, 11) is 0. The lowest BCUT2D eigenvalue weighted by Gasteiger charge is -2.37. The highest BCUT2D eigenvalue weighted by molar-refractivity contribution is 5.85. The van der Waals surface area contributed by atoms with Crippen molar-refractivity contribution < 1.29 is 14.3 Å². The van der Waals surface area contributed by atoms with Crippen molar-refractivity contribution in [3.05, 3.63) is 35.9 Å². The first-order valence-electron chi connectivity index (χ1n) is 9.73. The Hall–Kier alpha value is -1.38. The van der Waals surface area contributed by atoms with Gasteiger partial charge >= 0.3 is 0 Å². The van der Waals surface area contributed by atoms with Gasteiger partial charge in [0, 0.05) is 45.3 Å². The number of hydrogen-bond acceptors (Lipinski definition) is 5. The Bertz CT molecular complexity index is 636. The van der Waals surface area contributed by atoms with Crippen LogP contribution in [0.1, 0.15) is 18.5 Å². The van der Waals surface area contributed by atoms with Gasteiger partial charge in [-0.3, -0.25) is 14.5 Å². The number of carbonyl (C=O) groups excluding carboxylic acids is 2. The molecule has 3 rings (SSSR count). The van der Waals surface area contributed by atoms with Crippen LogP contribution < -0.4 is 5.73 Å². The molecule has 0 aromatic heterocycles. The second-order valence-electron chi connectivity index (χ2n) is 7.32. The number of nitrogens with zero attached hydrogens (tertiary/aromatic N) is 3. The Morgan fingerprint density at radius 2 is 1.55 bits per heavy atom. The number of piperazine rings is 1. The number of morpholine rings is 1. The van der Waals surface area contributed by atoms with E-state index in [-0.39, 0.29) is 48.6 Å². The Morgan fingerprint density at radius 1 is 0.966 bits per heavy atom. The molecule has 1 aromatic carbocycles. The summed E-state index contributed by atoms with van der Waals surface area (Å²) in [5.74, 6) is -0.0306. The highest BCUT2D eigenvalue weighted by Gasteiger charge is 2.30. The van der Waals surface area contributed by atoms with Gasteiger partial charge in [-0.1, -0.05) is 37.3 Å². The third-order valence-electron chi connectivity index (χ3n) is 5.52. The summed E-state index contributed by atoms with van der Waals surface area (Å²) in [4.78, 5) is 31.1. The molecule has 0 bridgehead atoms. The van der Waals surface area contributed by atoms with Crippen molar-refractivity contribution in [2.24, 2.45) is 11.7 Å². The summed E-state index contributed by atoms with van der Waals surface area (Å²) < 4.78 is 5.29. The lowest BCUT2D eigenvalue weighted by molar-refractivity contribution is -0.139. The number of carbonyl (C=O) groups is 2. The van der Waals surface area contributed by atoms with Gasteiger partial charge in [-0.05, 0) is 5.56 Å². The van der Waals surface area contributed by atoms with E-state index in [9.17, 15) is 9.59 Å². The first kappa shape index (κ1) is 25.7. The standard InChI is InChI=1S/C20H30N4O3.2ClH/c1-16(19(21)17-5-3-2-4-6-17)20(26)24-9-7-22(8-10-24)15-18(25)23-11-13-27-14-12-23;;/h2-6,16,19H,7-15,21H2,1H3;2*1H. The van der Waals surface area contributed by atoms with E-state index in [4.69, 9.17) is 10.5 Å². The summed E-state index contributed by atoms with van der Waals surface area (Å²) in [5, 5.41) is 0. The Balaban J connectivity index is 0.00000210. The van der Waals surface area contributed by atoms with Gasteiger partial charge in [-0.15, -0.1) is 24.8 Å². The molecule has 2 saturated heterocycles. The quantitative estimate of drug-likeness (QED) is 0.733. The molecule has 2 N–H and O–H groups in total. The number of hydrogen-bond donors (Lipinski definition) is 1. The smallest absolute Gasteiger partial charge is 0.236 e. The van der Waals surface area contributed by atoms with Gasteiger partial charge in [0.15, 0.2) is 0 Å². The Morgan fingerprint density at radius 3 is 2.14 bits per heavy atom. The van der Waals surface area contributed by atoms with Gasteiger partial charge < -0.3 is 20.3 Å². The van der Waals surface area contributed by atoms with Crippen LogP contribution in [0.4, 0.5) is 0 Å². The normalized spacial score (nSPS) is 19.5. The van der Waals surface area contributed by atoms with Crippen LogP contribution in [0.2, 0.25) is 0 Å². The molecule has 1 aromatic rings. The van der Waals surface area contributed by atoms with E-state index in [1.165, 1.54) is 0 Å². The molecule has 9 heteroatoms. The van der Waals surface area contributed by atoms with Crippen molar-refractivity contribution in [3.63, 3.8) is 0 Å². The third kappa shape index (κ3) is 6.83. The van der Waals surface area contributed by atoms with E-state index in [1.807, 2.05) is 47.1 Å². The van der Waals surface area contributed by atoms with Crippen LogP contribution in [0.15, 0.2) is 30.3 Å². The fourth-order valence-corrected chi connectivity index (χ4v) is 3.64. The third-order valence-corrected chi connectivity index (χ3v) is 5.52. The predicted octanol–water partition coefficient (Wildman–Crippen LogP) is 1.17. The van der Waals surface area contributed by atoms with E-state index in [0.29, 0.717) is 45.9 Å². The number of nitrogens with two attached hydrogens (primary N) is 1. The number of halogens is 2. The molecule has 0 saturated carbocycles. The molecular weight excluding hydrogens is 415 g/mol. The lowest BCUT2D eigenvalue weighted by Crippen LogP contribution is -2.54. The van der Waals surface area contributed by atoms with E-state index in [0.717, 1.165) is 18.7 Å². The van der Waals surface area contributed by atoms with Crippen LogP contribution in [-0.2, 0) is 14.3 Å². The molecule has 2 atom stereocenters. The number of rotatable bonds is 5. The van der Waals surface area contributed by atoms with Gasteiger partial charge in [0.05, 0.1) is 25.7 Å². The van der Waals surface area contributed by atoms with Gasteiger partial charge in [0.2, 0.25) is 11.8 Å². The molecule has 0 radical (unpaired) electrons. The summed E-state index contributed by atoms with van der Waals surface area (Å²) in [5.41, 5.74) is 7.28. The van der Waals surface area contributed by atoms with Crippen molar-refractivity contribution in [1.82, 2.24) is 14.7 Å². The number of benzene rings is 1. The van der Waals surface area contributed by atoms with E-state index < -0.39 is 0 Å². The van der Waals surface area contributed by atoms with Crippen LogP contribution in [0, 0.1) is 5.92 Å². The maximum Gasteiger partial charge on any atom is 0.236 e. The van der Waals surface area contributed by atoms with Crippen molar-refractivity contribution in [2.45, 2.75) is 13.0 Å². The second kappa shape index (κ2) is 12.3. The van der Waals surface area contributed by atoms with Crippen LogP contribution in [-0.4, -0.2) is 85.5 Å². The van der Waals surface area contributed by atoms with Gasteiger partial charge in [0.25, 0.3) is 0 Å². The number of ether oxygens (including phenoxy) is 1. The molecule has 2 unspecified atom stereocenters. The minimum atomic E-state index is -0.306. The fraction of sp³-hybridized carbons (Fsp3) is 0.600. The molecule has 2 fully saturated rings. The Kier molecular flexibility index (Phi) is 10.9. The second-order valence-corrected chi connectivity index (χ2v) is 7.32. The Labute approximate surface area is 185 Å². The zero-order valence-electron chi connectivity index (χ0n) is 16.9. The summed E-state index contributed by atoms with van der Waals surface area (Å²) in [6, 6.07) is 9.44. The highest BCUT2D eigenvalue weighted by Crippen LogP contribution is 2.21. The molecule has 7 nitrogen and oxygen atoms in total. The average Bonchev–Trinajstić information content (AvgIpc) is 2.74. The van der Waals surface area contributed by atoms with Crippen molar-refractivity contribution >= 4 is 36.6 Å². The van der Waals surface area contributed by atoms with E-state index >= 15 is 0 Å². The maximum absolute atomic E-state index is 12.8. The molecule has 164 valence electrons. The molecule has 2 heterocycles. The first-order chi connectivity index (χ1) is 13.1. The SMILES string of the molecule is CC(C(=O)N1CCN(CC(=O)N2CCOCC2)CC1)C(N)c1ccccc1.Cl.Cl. The molecule has 2 aliphatic heterocycles. The van der Waals surface area contributed by atoms with Gasteiger partial charge in [-0.25, -0.2) is 0 Å². The lowest BCUT2D eigenvalue weighted by atomic mass is 9.94. The summed E-state index contributed by atoms with van der Waals surface area (Å²) in [6.07, 6.45) is 0. The van der Waals surface area contributed by atoms with E-state index in [1.54, 1.807) is 0 Å². The molecule has 2 aliphatic rings. The van der Waals surface area contributed by atoms with Crippen LogP contribution in [0.5, 0.6) is 0 Å². The maximum atomic E-state index is 12.8. The summed E-state index contributed by atoms with van der Waals surface area (Å²) in [6.45, 7) is 7.61. The van der Waals surface area contributed by atoms with Gasteiger partial charge in [0.1, 0.15) is 0 Å². The summed E-state index contributed by atoms with van der Waals surface area (Å²) >= 11 is 0. The monoisotopic (exact) mass is 446 g/mol. The van der Waals surface area contributed by atoms with Crippen LogP contribution >= 0.6 is 24.8 Å². The minimum absolute atomic E-state index is 0. The molecule has 2 amide bonds. The molecule has 29 heavy (non-hydrogen) atoms. The predicted molar refractivity (Wildman–Crippen MR) is 117 cm³/mol. The van der Waals surface area contributed by atoms with Crippen LogP contribution in [0.3, 0.4) is 0 Å². The largest absolute Gasteiger partial charge is 0.378 e. The minimum Gasteiger partial charge on any atom is -0.378 e. The zero-order valence-corrected chi connectivity index (χ0v) is 18.5. The topological polar surface area (TPSA) is 79.1 Å². The van der Waals surface area contributed by atoms with Gasteiger partial charge in [-0.2, -0.15) is 0 Å². The average molecular weight is 447 g/mol. The number of amides is 2. The van der Waals surface area contributed by atoms with Crippen molar-refractivity contribution in [3.8, 4) is 0 Å². The molecule has 0 spiro atoms. The van der Waals surface area contributed by atoms with Crippen molar-refractivity contribution in [1.29, 1.82) is 0 Å². The molecular formula is C20H32Cl2N4O3. The van der Waals surface area contributed by atoms with Crippen molar-refractivity contribution in [2.75, 3.05) is 59.0 Å². The molecule has 0 aliphatic carbocycles. The zero-order chi connectivity index (χ0) is 19.2. The van der Waals surface area contributed by atoms with E-state index in [2.05, 4.69) is 4.90 Å². The fourth-order valence-electron chi connectivity index (χ4n) is 3.64.